The number of rotatable bonds is 5. The van der Waals surface area contributed by atoms with Gasteiger partial charge >= 0.3 is 5.97 Å². The molecule has 1 aliphatic rings. The summed E-state index contributed by atoms with van der Waals surface area (Å²) >= 11 is 0. The Morgan fingerprint density at radius 2 is 2.12 bits per heavy atom. The summed E-state index contributed by atoms with van der Waals surface area (Å²) in [7, 11) is 0. The molecule has 1 fully saturated rings. The fourth-order valence-electron chi connectivity index (χ4n) is 1.33. The smallest absolute Gasteiger partial charge is 0.306 e. The lowest BCUT2D eigenvalue weighted by Gasteiger charge is -2.21. The van der Waals surface area contributed by atoms with E-state index in [1.165, 1.54) is 0 Å². The Bertz CT molecular complexity index is 317. The van der Waals surface area contributed by atoms with E-state index in [-0.39, 0.29) is 5.91 Å². The first-order chi connectivity index (χ1) is 7.52. The van der Waals surface area contributed by atoms with Crippen molar-refractivity contribution in [1.82, 2.24) is 10.6 Å². The van der Waals surface area contributed by atoms with Crippen LogP contribution in [0.3, 0.4) is 0 Å². The van der Waals surface area contributed by atoms with Crippen molar-refractivity contribution in [2.45, 2.75) is 20.3 Å². The summed E-state index contributed by atoms with van der Waals surface area (Å²) in [6.07, 6.45) is 0.460. The average Bonchev–Trinajstić information content (AvgIpc) is 2.14. The van der Waals surface area contributed by atoms with Gasteiger partial charge in [-0.3, -0.25) is 9.59 Å². The molecule has 1 amide bonds. The molecule has 1 unspecified atom stereocenters. The Morgan fingerprint density at radius 1 is 1.50 bits per heavy atom. The predicted molar refractivity (Wildman–Crippen MR) is 60.0 cm³/mol. The lowest BCUT2D eigenvalue weighted by atomic mass is 10.0. The third kappa shape index (κ3) is 3.34. The van der Waals surface area contributed by atoms with Gasteiger partial charge in [0.05, 0.1) is 5.92 Å². The van der Waals surface area contributed by atoms with Crippen LogP contribution in [0.2, 0.25) is 0 Å². The van der Waals surface area contributed by atoms with Gasteiger partial charge < -0.3 is 15.7 Å². The molecule has 1 atom stereocenters. The van der Waals surface area contributed by atoms with Crippen molar-refractivity contribution in [3.63, 3.8) is 0 Å². The van der Waals surface area contributed by atoms with Gasteiger partial charge in [0.25, 0.3) is 0 Å². The Balaban J connectivity index is 2.28. The number of carboxylic acid groups (broad SMARTS) is 1. The van der Waals surface area contributed by atoms with Crippen LogP contribution < -0.4 is 10.6 Å². The first-order valence-corrected chi connectivity index (χ1v) is 5.42. The minimum atomic E-state index is -0.826. The molecule has 16 heavy (non-hydrogen) atoms. The molecule has 3 N–H and O–H groups in total. The van der Waals surface area contributed by atoms with Crippen molar-refractivity contribution in [1.29, 1.82) is 0 Å². The highest BCUT2D eigenvalue weighted by Gasteiger charge is 2.16. The molecule has 5 heteroatoms. The van der Waals surface area contributed by atoms with E-state index in [1.807, 2.05) is 0 Å². The molecule has 1 aliphatic heterocycles. The molecule has 1 rings (SSSR count). The molecule has 1 heterocycles. The van der Waals surface area contributed by atoms with Crippen molar-refractivity contribution < 1.29 is 14.7 Å². The summed E-state index contributed by atoms with van der Waals surface area (Å²) in [4.78, 5) is 22.1. The number of carboxylic acids is 1. The molecule has 0 aromatic carbocycles. The molecule has 0 saturated carbocycles. The maximum atomic E-state index is 11.6. The molecular weight excluding hydrogens is 208 g/mol. The molecule has 0 bridgehead atoms. The number of amides is 1. The van der Waals surface area contributed by atoms with Crippen molar-refractivity contribution >= 4 is 11.9 Å². The third-order valence-electron chi connectivity index (χ3n) is 2.83. The monoisotopic (exact) mass is 226 g/mol. The number of hydrogen-bond acceptors (Lipinski definition) is 3. The van der Waals surface area contributed by atoms with Gasteiger partial charge in [0.2, 0.25) is 5.91 Å². The molecular formula is C11H18N2O3. The first-order valence-electron chi connectivity index (χ1n) is 5.42. The second-order valence-corrected chi connectivity index (χ2v) is 4.12. The predicted octanol–water partition coefficient (Wildman–Crippen LogP) is 0.133. The fraction of sp³-hybridized carbons (Fsp3) is 0.636. The van der Waals surface area contributed by atoms with Crippen LogP contribution in [0.5, 0.6) is 0 Å². The maximum Gasteiger partial charge on any atom is 0.306 e. The highest BCUT2D eigenvalue weighted by atomic mass is 16.4. The SMILES string of the molecule is CC(C(=O)NCCC(C)C(=O)O)=C1CNC1. The summed E-state index contributed by atoms with van der Waals surface area (Å²) < 4.78 is 0. The van der Waals surface area contributed by atoms with E-state index in [0.717, 1.165) is 24.2 Å². The van der Waals surface area contributed by atoms with Gasteiger partial charge in [-0.15, -0.1) is 0 Å². The van der Waals surface area contributed by atoms with E-state index in [4.69, 9.17) is 5.11 Å². The largest absolute Gasteiger partial charge is 0.481 e. The summed E-state index contributed by atoms with van der Waals surface area (Å²) in [5.74, 6) is -1.33. The van der Waals surface area contributed by atoms with Crippen molar-refractivity contribution in [3.05, 3.63) is 11.1 Å². The van der Waals surface area contributed by atoms with E-state index in [2.05, 4.69) is 10.6 Å². The summed E-state index contributed by atoms with van der Waals surface area (Å²) in [5, 5.41) is 14.5. The van der Waals surface area contributed by atoms with Crippen molar-refractivity contribution in [2.75, 3.05) is 19.6 Å². The lowest BCUT2D eigenvalue weighted by molar-refractivity contribution is -0.141. The van der Waals surface area contributed by atoms with Gasteiger partial charge in [-0.05, 0) is 18.9 Å². The van der Waals surface area contributed by atoms with E-state index in [0.29, 0.717) is 13.0 Å². The van der Waals surface area contributed by atoms with Crippen LogP contribution in [0.15, 0.2) is 11.1 Å². The van der Waals surface area contributed by atoms with Crippen LogP contribution >= 0.6 is 0 Å². The number of nitrogens with one attached hydrogen (secondary N) is 2. The Kier molecular flexibility index (Phi) is 4.49. The Labute approximate surface area is 94.9 Å². The zero-order chi connectivity index (χ0) is 12.1. The van der Waals surface area contributed by atoms with E-state index in [9.17, 15) is 9.59 Å². The molecule has 0 aliphatic carbocycles. The second-order valence-electron chi connectivity index (χ2n) is 4.12. The van der Waals surface area contributed by atoms with E-state index < -0.39 is 11.9 Å². The van der Waals surface area contributed by atoms with Gasteiger partial charge in [0, 0.05) is 25.2 Å². The van der Waals surface area contributed by atoms with Crippen LogP contribution in [0.25, 0.3) is 0 Å². The van der Waals surface area contributed by atoms with Gasteiger partial charge in [-0.2, -0.15) is 0 Å². The highest BCUT2D eigenvalue weighted by molar-refractivity contribution is 5.93. The third-order valence-corrected chi connectivity index (χ3v) is 2.83. The highest BCUT2D eigenvalue weighted by Crippen LogP contribution is 2.08. The molecule has 5 nitrogen and oxygen atoms in total. The normalized spacial score (nSPS) is 16.2. The average molecular weight is 226 g/mol. The van der Waals surface area contributed by atoms with E-state index >= 15 is 0 Å². The minimum absolute atomic E-state index is 0.0888. The standard InChI is InChI=1S/C11H18N2O3/c1-7(11(15)16)3-4-13-10(14)8(2)9-5-12-6-9/h7,12H,3-6H2,1-2H3,(H,13,14)(H,15,16). The molecule has 0 radical (unpaired) electrons. The Hall–Kier alpha value is -1.36. The van der Waals surface area contributed by atoms with Gasteiger partial charge in [0.15, 0.2) is 0 Å². The van der Waals surface area contributed by atoms with Crippen LogP contribution in [0.1, 0.15) is 20.3 Å². The van der Waals surface area contributed by atoms with Gasteiger partial charge in [0.1, 0.15) is 0 Å². The van der Waals surface area contributed by atoms with Crippen LogP contribution in [-0.2, 0) is 9.59 Å². The molecule has 0 aromatic heterocycles. The zero-order valence-corrected chi connectivity index (χ0v) is 9.67. The number of hydrogen-bond donors (Lipinski definition) is 3. The van der Waals surface area contributed by atoms with Crippen LogP contribution in [-0.4, -0.2) is 36.6 Å². The second kappa shape index (κ2) is 5.65. The lowest BCUT2D eigenvalue weighted by Crippen LogP contribution is -2.38. The number of carbonyl (C=O) groups is 2. The summed E-state index contributed by atoms with van der Waals surface area (Å²) in [6, 6.07) is 0. The zero-order valence-electron chi connectivity index (χ0n) is 9.67. The topological polar surface area (TPSA) is 78.4 Å². The molecule has 1 saturated heterocycles. The van der Waals surface area contributed by atoms with Crippen LogP contribution in [0, 0.1) is 5.92 Å². The summed E-state index contributed by atoms with van der Waals surface area (Å²) in [6.45, 7) is 5.40. The fourth-order valence-corrected chi connectivity index (χ4v) is 1.33. The molecule has 0 aromatic rings. The van der Waals surface area contributed by atoms with Gasteiger partial charge in [-0.25, -0.2) is 0 Å². The maximum absolute atomic E-state index is 11.6. The minimum Gasteiger partial charge on any atom is -0.481 e. The van der Waals surface area contributed by atoms with Gasteiger partial charge in [-0.1, -0.05) is 6.92 Å². The summed E-state index contributed by atoms with van der Waals surface area (Å²) in [5.41, 5.74) is 1.88. The van der Waals surface area contributed by atoms with Crippen LogP contribution in [0.4, 0.5) is 0 Å². The van der Waals surface area contributed by atoms with Crippen molar-refractivity contribution in [3.8, 4) is 0 Å². The van der Waals surface area contributed by atoms with Crippen molar-refractivity contribution in [2.24, 2.45) is 5.92 Å². The quantitative estimate of drug-likeness (QED) is 0.582. The molecule has 90 valence electrons. The van der Waals surface area contributed by atoms with E-state index in [1.54, 1.807) is 13.8 Å². The Morgan fingerprint density at radius 3 is 2.56 bits per heavy atom. The number of aliphatic carboxylic acids is 1. The number of carbonyl (C=O) groups excluding carboxylic acids is 1. The molecule has 0 spiro atoms. The first kappa shape index (κ1) is 12.7.